The molecule has 1 aromatic carbocycles. The second kappa shape index (κ2) is 9.43. The van der Waals surface area contributed by atoms with Crippen LogP contribution in [0.3, 0.4) is 0 Å². The number of unbranched alkanes of at least 4 members (excludes halogenated alkanes) is 2. The molecule has 3 N–H and O–H groups in total. The summed E-state index contributed by atoms with van der Waals surface area (Å²) in [6, 6.07) is 7.50. The minimum Gasteiger partial charge on any atom is -0.508 e. The second-order valence-corrected chi connectivity index (χ2v) is 7.65. The molecule has 0 bridgehead atoms. The summed E-state index contributed by atoms with van der Waals surface area (Å²) in [5.74, 6) is 1.44. The minimum absolute atomic E-state index is 0.229. The number of aliphatic hydroxyl groups is 2. The number of para-hydroxylation sites is 1. The summed E-state index contributed by atoms with van der Waals surface area (Å²) >= 11 is 0. The summed E-state index contributed by atoms with van der Waals surface area (Å²) in [6.45, 7) is 4.39. The van der Waals surface area contributed by atoms with E-state index in [2.05, 4.69) is 13.8 Å². The molecule has 1 aliphatic rings. The number of rotatable bonds is 9. The molecule has 24 heavy (non-hydrogen) atoms. The molecule has 1 fully saturated rings. The fraction of sp³-hybridized carbons (Fsp3) is 0.714. The Balaban J connectivity index is 1.83. The van der Waals surface area contributed by atoms with Crippen LogP contribution >= 0.6 is 0 Å². The van der Waals surface area contributed by atoms with Crippen molar-refractivity contribution in [2.75, 3.05) is 0 Å². The highest BCUT2D eigenvalue weighted by atomic mass is 16.3. The second-order valence-electron chi connectivity index (χ2n) is 7.65. The van der Waals surface area contributed by atoms with Gasteiger partial charge in [0.15, 0.2) is 0 Å². The molecule has 0 aromatic heterocycles. The molecule has 1 aromatic rings. The standard InChI is InChI=1S/C21H34O3/c1-3-4-5-9-18(22)11-12-19-15(2)17(14-21(19)24)13-16-8-6-7-10-20(16)23/h6-8,10,15,17-19,21-24H,3-5,9,11-14H2,1-2H3/t15-,17-,18-,19+,21+/m0/s1. The molecule has 0 radical (unpaired) electrons. The quantitative estimate of drug-likeness (QED) is 0.590. The SMILES string of the molecule is CCCCC[C@H](O)CC[C@@H]1[C@@H](C)[C@@H](Cc2ccccc2O)C[C@H]1O. The Morgan fingerprint density at radius 2 is 1.92 bits per heavy atom. The Bertz CT molecular complexity index is 488. The van der Waals surface area contributed by atoms with Crippen LogP contribution in [0.15, 0.2) is 24.3 Å². The molecule has 0 amide bonds. The summed E-state index contributed by atoms with van der Waals surface area (Å²) in [7, 11) is 0. The Morgan fingerprint density at radius 1 is 1.17 bits per heavy atom. The zero-order chi connectivity index (χ0) is 17.5. The zero-order valence-electron chi connectivity index (χ0n) is 15.2. The van der Waals surface area contributed by atoms with E-state index in [-0.39, 0.29) is 18.1 Å². The Morgan fingerprint density at radius 3 is 2.62 bits per heavy atom. The van der Waals surface area contributed by atoms with Gasteiger partial charge in [-0.15, -0.1) is 0 Å². The van der Waals surface area contributed by atoms with Gasteiger partial charge >= 0.3 is 0 Å². The maximum atomic E-state index is 10.5. The van der Waals surface area contributed by atoms with E-state index < -0.39 is 0 Å². The highest BCUT2D eigenvalue weighted by molar-refractivity contribution is 5.32. The minimum atomic E-state index is -0.279. The number of hydrogen-bond donors (Lipinski definition) is 3. The van der Waals surface area contributed by atoms with Crippen LogP contribution in [-0.4, -0.2) is 27.5 Å². The van der Waals surface area contributed by atoms with Gasteiger partial charge in [0.1, 0.15) is 5.75 Å². The van der Waals surface area contributed by atoms with Gasteiger partial charge in [0.2, 0.25) is 0 Å². The van der Waals surface area contributed by atoms with E-state index in [0.29, 0.717) is 17.6 Å². The number of benzene rings is 1. The third-order valence-electron chi connectivity index (χ3n) is 5.91. The van der Waals surface area contributed by atoms with Crippen molar-refractivity contribution >= 4 is 0 Å². The normalized spacial score (nSPS) is 28.2. The maximum absolute atomic E-state index is 10.5. The van der Waals surface area contributed by atoms with Crippen molar-refractivity contribution in [1.29, 1.82) is 0 Å². The molecule has 1 aliphatic carbocycles. The first-order chi connectivity index (χ1) is 11.5. The fourth-order valence-electron chi connectivity index (χ4n) is 4.25. The number of aliphatic hydroxyl groups excluding tert-OH is 2. The van der Waals surface area contributed by atoms with Crippen molar-refractivity contribution in [3.05, 3.63) is 29.8 Å². The van der Waals surface area contributed by atoms with Gasteiger partial charge in [-0.05, 0) is 61.5 Å². The van der Waals surface area contributed by atoms with Crippen molar-refractivity contribution < 1.29 is 15.3 Å². The van der Waals surface area contributed by atoms with Gasteiger partial charge in [0, 0.05) is 0 Å². The van der Waals surface area contributed by atoms with Gasteiger partial charge in [-0.2, -0.15) is 0 Å². The molecule has 2 rings (SSSR count). The molecule has 0 unspecified atom stereocenters. The highest BCUT2D eigenvalue weighted by Crippen LogP contribution is 2.42. The fourth-order valence-corrected chi connectivity index (χ4v) is 4.25. The smallest absolute Gasteiger partial charge is 0.118 e. The van der Waals surface area contributed by atoms with Crippen molar-refractivity contribution in [3.63, 3.8) is 0 Å². The number of hydrogen-bond acceptors (Lipinski definition) is 3. The van der Waals surface area contributed by atoms with Crippen LogP contribution in [0.4, 0.5) is 0 Å². The number of phenolic OH excluding ortho intramolecular Hbond substituents is 1. The highest BCUT2D eigenvalue weighted by Gasteiger charge is 2.39. The van der Waals surface area contributed by atoms with Crippen LogP contribution in [-0.2, 0) is 6.42 Å². The summed E-state index contributed by atoms with van der Waals surface area (Å²) in [5, 5.41) is 30.6. The molecular formula is C21H34O3. The van der Waals surface area contributed by atoms with Gasteiger partial charge in [0.25, 0.3) is 0 Å². The van der Waals surface area contributed by atoms with Crippen molar-refractivity contribution in [2.24, 2.45) is 17.8 Å². The van der Waals surface area contributed by atoms with Crippen molar-refractivity contribution in [1.82, 2.24) is 0 Å². The van der Waals surface area contributed by atoms with E-state index in [1.165, 1.54) is 12.8 Å². The van der Waals surface area contributed by atoms with E-state index in [4.69, 9.17) is 0 Å². The lowest BCUT2D eigenvalue weighted by molar-refractivity contribution is 0.0901. The average molecular weight is 335 g/mol. The van der Waals surface area contributed by atoms with Crippen LogP contribution in [0.1, 0.15) is 64.4 Å². The van der Waals surface area contributed by atoms with E-state index in [1.54, 1.807) is 6.07 Å². The summed E-state index contributed by atoms with van der Waals surface area (Å²) in [5.41, 5.74) is 0.974. The maximum Gasteiger partial charge on any atom is 0.118 e. The molecule has 0 heterocycles. The summed E-state index contributed by atoms with van der Waals surface area (Å²) in [6.07, 6.45) is 7.13. The summed E-state index contributed by atoms with van der Waals surface area (Å²) < 4.78 is 0. The third kappa shape index (κ3) is 5.22. The number of aromatic hydroxyl groups is 1. The van der Waals surface area contributed by atoms with Gasteiger partial charge in [-0.3, -0.25) is 0 Å². The monoisotopic (exact) mass is 334 g/mol. The van der Waals surface area contributed by atoms with Crippen LogP contribution < -0.4 is 0 Å². The lowest BCUT2D eigenvalue weighted by atomic mass is 9.84. The summed E-state index contributed by atoms with van der Waals surface area (Å²) in [4.78, 5) is 0. The topological polar surface area (TPSA) is 60.7 Å². The van der Waals surface area contributed by atoms with E-state index in [1.807, 2.05) is 18.2 Å². The van der Waals surface area contributed by atoms with Gasteiger partial charge in [-0.1, -0.05) is 51.3 Å². The van der Waals surface area contributed by atoms with Gasteiger partial charge in [-0.25, -0.2) is 0 Å². The predicted molar refractivity (Wildman–Crippen MR) is 98.0 cm³/mol. The van der Waals surface area contributed by atoms with E-state index in [0.717, 1.165) is 44.1 Å². The van der Waals surface area contributed by atoms with Crippen molar-refractivity contribution in [2.45, 2.75) is 77.4 Å². The third-order valence-corrected chi connectivity index (χ3v) is 5.91. The molecule has 0 aliphatic heterocycles. The molecule has 3 heteroatoms. The molecule has 0 spiro atoms. The van der Waals surface area contributed by atoms with Crippen LogP contribution in [0.25, 0.3) is 0 Å². The van der Waals surface area contributed by atoms with Crippen LogP contribution in [0.2, 0.25) is 0 Å². The lowest BCUT2D eigenvalue weighted by Crippen LogP contribution is -2.21. The zero-order valence-corrected chi connectivity index (χ0v) is 15.2. The Kier molecular flexibility index (Phi) is 7.57. The Labute approximate surface area is 146 Å². The Hall–Kier alpha value is -1.06. The first-order valence-electron chi connectivity index (χ1n) is 9.65. The molecule has 3 nitrogen and oxygen atoms in total. The predicted octanol–water partition coefficient (Wildman–Crippen LogP) is 4.29. The van der Waals surface area contributed by atoms with Crippen molar-refractivity contribution in [3.8, 4) is 5.75 Å². The molecular weight excluding hydrogens is 300 g/mol. The van der Waals surface area contributed by atoms with Crippen LogP contribution in [0.5, 0.6) is 5.75 Å². The van der Waals surface area contributed by atoms with E-state index >= 15 is 0 Å². The van der Waals surface area contributed by atoms with Crippen LogP contribution in [0, 0.1) is 17.8 Å². The average Bonchev–Trinajstić information content (AvgIpc) is 2.82. The van der Waals surface area contributed by atoms with Gasteiger partial charge in [0.05, 0.1) is 12.2 Å². The number of phenols is 1. The molecule has 5 atom stereocenters. The molecule has 1 saturated carbocycles. The molecule has 136 valence electrons. The van der Waals surface area contributed by atoms with Gasteiger partial charge < -0.3 is 15.3 Å². The first kappa shape index (κ1) is 19.3. The lowest BCUT2D eigenvalue weighted by Gasteiger charge is -2.23. The molecule has 0 saturated heterocycles. The first-order valence-corrected chi connectivity index (χ1v) is 9.65. The van der Waals surface area contributed by atoms with E-state index in [9.17, 15) is 15.3 Å². The largest absolute Gasteiger partial charge is 0.508 e.